The normalized spacial score (nSPS) is 11.4. The van der Waals surface area contributed by atoms with Crippen LogP contribution in [0.4, 0.5) is 0 Å². The van der Waals surface area contributed by atoms with E-state index in [1.54, 1.807) is 6.08 Å². The lowest BCUT2D eigenvalue weighted by Gasteiger charge is -2.25. The van der Waals surface area contributed by atoms with E-state index in [1.165, 1.54) is 13.2 Å². The Kier molecular flexibility index (Phi) is 4.35. The molecule has 0 aliphatic carbocycles. The molecule has 0 radical (unpaired) electrons. The van der Waals surface area contributed by atoms with Crippen LogP contribution >= 0.6 is 0 Å². The summed E-state index contributed by atoms with van der Waals surface area (Å²) in [6, 6.07) is 0. The Morgan fingerprint density at radius 2 is 1.79 bits per heavy atom. The maximum absolute atomic E-state index is 10.8. The number of carbonyl (C=O) groups is 1. The van der Waals surface area contributed by atoms with Gasteiger partial charge in [0.05, 0.1) is 7.11 Å². The average Bonchev–Trinajstić information content (AvgIpc) is 2.12. The first-order chi connectivity index (χ1) is 6.32. The van der Waals surface area contributed by atoms with Crippen molar-refractivity contribution in [3.05, 3.63) is 36.5 Å². The van der Waals surface area contributed by atoms with E-state index < -0.39 is 0 Å². The standard InChI is InChI=1S/C12H18O2/c1-9(2)12(4,5)10(3)7-8-11(13)14-6/h7-8H,1,3H2,2,4-6H3. The van der Waals surface area contributed by atoms with Crippen molar-refractivity contribution in [2.75, 3.05) is 7.11 Å². The predicted octanol–water partition coefficient (Wildman–Crippen LogP) is 2.87. The van der Waals surface area contributed by atoms with Crippen LogP contribution in [-0.4, -0.2) is 13.1 Å². The number of rotatable bonds is 4. The molecule has 2 nitrogen and oxygen atoms in total. The molecule has 0 atom stereocenters. The molecule has 0 saturated carbocycles. The summed E-state index contributed by atoms with van der Waals surface area (Å²) in [5.74, 6) is -0.372. The second kappa shape index (κ2) is 4.80. The molecule has 0 N–H and O–H groups in total. The topological polar surface area (TPSA) is 26.3 Å². The fourth-order valence-corrected chi connectivity index (χ4v) is 0.719. The number of hydrogen-bond donors (Lipinski definition) is 0. The summed E-state index contributed by atoms with van der Waals surface area (Å²) in [6.07, 6.45) is 3.04. The zero-order valence-electron chi connectivity index (χ0n) is 9.39. The second-order valence-electron chi connectivity index (χ2n) is 3.79. The number of esters is 1. The maximum Gasteiger partial charge on any atom is 0.330 e. The second-order valence-corrected chi connectivity index (χ2v) is 3.79. The summed E-state index contributed by atoms with van der Waals surface area (Å²) in [4.78, 5) is 10.8. The molecule has 0 aliphatic rings. The lowest BCUT2D eigenvalue weighted by molar-refractivity contribution is -0.134. The highest BCUT2D eigenvalue weighted by Gasteiger charge is 2.20. The van der Waals surface area contributed by atoms with Crippen LogP contribution in [0.15, 0.2) is 36.5 Å². The lowest BCUT2D eigenvalue weighted by Crippen LogP contribution is -2.13. The average molecular weight is 194 g/mol. The van der Waals surface area contributed by atoms with E-state index in [0.717, 1.165) is 11.1 Å². The van der Waals surface area contributed by atoms with Gasteiger partial charge in [0.2, 0.25) is 0 Å². The molecule has 0 amide bonds. The van der Waals surface area contributed by atoms with Crippen molar-refractivity contribution >= 4 is 5.97 Å². The molecular formula is C12H18O2. The number of methoxy groups -OCH3 is 1. The minimum atomic E-state index is -0.372. The van der Waals surface area contributed by atoms with Crippen LogP contribution in [0.5, 0.6) is 0 Å². The van der Waals surface area contributed by atoms with Crippen molar-refractivity contribution in [1.82, 2.24) is 0 Å². The summed E-state index contributed by atoms with van der Waals surface area (Å²) < 4.78 is 4.48. The van der Waals surface area contributed by atoms with Crippen molar-refractivity contribution in [1.29, 1.82) is 0 Å². The quantitative estimate of drug-likeness (QED) is 0.298. The minimum Gasteiger partial charge on any atom is -0.466 e. The smallest absolute Gasteiger partial charge is 0.330 e. The van der Waals surface area contributed by atoms with Gasteiger partial charge in [0.25, 0.3) is 0 Å². The Bertz CT molecular complexity index is 283. The zero-order valence-corrected chi connectivity index (χ0v) is 9.39. The Hall–Kier alpha value is -1.31. The van der Waals surface area contributed by atoms with Gasteiger partial charge in [0, 0.05) is 11.5 Å². The molecular weight excluding hydrogens is 176 g/mol. The Morgan fingerprint density at radius 3 is 2.14 bits per heavy atom. The first-order valence-electron chi connectivity index (χ1n) is 4.43. The van der Waals surface area contributed by atoms with Crippen molar-refractivity contribution in [2.24, 2.45) is 5.41 Å². The van der Waals surface area contributed by atoms with Gasteiger partial charge in [-0.25, -0.2) is 4.79 Å². The van der Waals surface area contributed by atoms with E-state index in [2.05, 4.69) is 17.9 Å². The van der Waals surface area contributed by atoms with E-state index in [-0.39, 0.29) is 11.4 Å². The minimum absolute atomic E-state index is 0.190. The van der Waals surface area contributed by atoms with Crippen LogP contribution < -0.4 is 0 Å². The van der Waals surface area contributed by atoms with Crippen LogP contribution in [0, 0.1) is 5.41 Å². The SMILES string of the molecule is C=C(C)C(C)(C)C(=C)C=CC(=O)OC. The van der Waals surface area contributed by atoms with Crippen LogP contribution in [-0.2, 0) is 9.53 Å². The van der Waals surface area contributed by atoms with Crippen LogP contribution in [0.1, 0.15) is 20.8 Å². The third kappa shape index (κ3) is 3.21. The molecule has 2 heteroatoms. The van der Waals surface area contributed by atoms with Crippen molar-refractivity contribution in [3.63, 3.8) is 0 Å². The molecule has 0 heterocycles. The van der Waals surface area contributed by atoms with Gasteiger partial charge in [-0.1, -0.05) is 38.7 Å². The van der Waals surface area contributed by atoms with Gasteiger partial charge in [-0.05, 0) is 12.5 Å². The molecule has 0 bridgehead atoms. The van der Waals surface area contributed by atoms with Crippen molar-refractivity contribution in [3.8, 4) is 0 Å². The maximum atomic E-state index is 10.8. The first kappa shape index (κ1) is 12.7. The van der Waals surface area contributed by atoms with E-state index in [0.29, 0.717) is 0 Å². The Labute approximate surface area is 86.0 Å². The van der Waals surface area contributed by atoms with Crippen LogP contribution in [0.25, 0.3) is 0 Å². The Morgan fingerprint density at radius 1 is 1.29 bits per heavy atom. The highest BCUT2D eigenvalue weighted by Crippen LogP contribution is 2.32. The van der Waals surface area contributed by atoms with Crippen molar-refractivity contribution in [2.45, 2.75) is 20.8 Å². The molecule has 14 heavy (non-hydrogen) atoms. The van der Waals surface area contributed by atoms with Crippen LogP contribution in [0.3, 0.4) is 0 Å². The molecule has 0 rings (SSSR count). The van der Waals surface area contributed by atoms with Crippen molar-refractivity contribution < 1.29 is 9.53 Å². The first-order valence-corrected chi connectivity index (χ1v) is 4.43. The molecule has 0 aliphatic heterocycles. The summed E-state index contributed by atoms with van der Waals surface area (Å²) >= 11 is 0. The summed E-state index contributed by atoms with van der Waals surface area (Å²) in [5.41, 5.74) is 1.66. The number of ether oxygens (including phenoxy) is 1. The summed E-state index contributed by atoms with van der Waals surface area (Å²) in [6.45, 7) is 13.8. The summed E-state index contributed by atoms with van der Waals surface area (Å²) in [5, 5.41) is 0. The van der Waals surface area contributed by atoms with Gasteiger partial charge in [-0.15, -0.1) is 0 Å². The van der Waals surface area contributed by atoms with E-state index in [4.69, 9.17) is 0 Å². The van der Waals surface area contributed by atoms with Gasteiger partial charge < -0.3 is 4.74 Å². The fraction of sp³-hybridized carbons (Fsp3) is 0.417. The number of carbonyl (C=O) groups excluding carboxylic acids is 1. The molecule has 0 aromatic carbocycles. The molecule has 0 aromatic heterocycles. The lowest BCUT2D eigenvalue weighted by atomic mass is 9.79. The van der Waals surface area contributed by atoms with Gasteiger partial charge >= 0.3 is 5.97 Å². The fourth-order valence-electron chi connectivity index (χ4n) is 0.719. The van der Waals surface area contributed by atoms with Gasteiger partial charge in [-0.3, -0.25) is 0 Å². The Balaban J connectivity index is 4.58. The molecule has 0 spiro atoms. The molecule has 0 fully saturated rings. The molecule has 0 aromatic rings. The summed E-state index contributed by atoms with van der Waals surface area (Å²) in [7, 11) is 1.35. The zero-order chi connectivity index (χ0) is 11.4. The van der Waals surface area contributed by atoms with E-state index in [9.17, 15) is 4.79 Å². The highest BCUT2D eigenvalue weighted by atomic mass is 16.5. The van der Waals surface area contributed by atoms with E-state index >= 15 is 0 Å². The number of hydrogen-bond acceptors (Lipinski definition) is 2. The van der Waals surface area contributed by atoms with Gasteiger partial charge in [0.15, 0.2) is 0 Å². The third-order valence-corrected chi connectivity index (χ3v) is 2.49. The van der Waals surface area contributed by atoms with E-state index in [1.807, 2.05) is 20.8 Å². The predicted molar refractivity (Wildman–Crippen MR) is 58.9 cm³/mol. The number of allylic oxidation sites excluding steroid dienone is 3. The van der Waals surface area contributed by atoms with Gasteiger partial charge in [-0.2, -0.15) is 0 Å². The monoisotopic (exact) mass is 194 g/mol. The molecule has 78 valence electrons. The highest BCUT2D eigenvalue weighted by molar-refractivity contribution is 5.82. The molecule has 0 unspecified atom stereocenters. The van der Waals surface area contributed by atoms with Gasteiger partial charge in [0.1, 0.15) is 0 Å². The third-order valence-electron chi connectivity index (χ3n) is 2.49. The largest absolute Gasteiger partial charge is 0.466 e. The molecule has 0 saturated heterocycles. The van der Waals surface area contributed by atoms with Crippen LogP contribution in [0.2, 0.25) is 0 Å².